The summed E-state index contributed by atoms with van der Waals surface area (Å²) in [5.74, 6) is -0.712. The van der Waals surface area contributed by atoms with Crippen molar-refractivity contribution in [1.29, 1.82) is 0 Å². The molecule has 110 valence electrons. The van der Waals surface area contributed by atoms with E-state index < -0.39 is 11.5 Å². The predicted molar refractivity (Wildman–Crippen MR) is 78.9 cm³/mol. The number of methoxy groups -OCH3 is 1. The zero-order valence-corrected chi connectivity index (χ0v) is 12.6. The van der Waals surface area contributed by atoms with Crippen molar-refractivity contribution < 1.29 is 14.3 Å². The third kappa shape index (κ3) is 5.19. The van der Waals surface area contributed by atoms with Crippen molar-refractivity contribution in [1.82, 2.24) is 0 Å². The van der Waals surface area contributed by atoms with E-state index in [9.17, 15) is 9.59 Å². The van der Waals surface area contributed by atoms with Crippen molar-refractivity contribution in [2.24, 2.45) is 5.73 Å². The lowest BCUT2D eigenvalue weighted by Crippen LogP contribution is -2.33. The van der Waals surface area contributed by atoms with Crippen LogP contribution in [0.3, 0.4) is 0 Å². The van der Waals surface area contributed by atoms with Gasteiger partial charge in [-0.15, -0.1) is 0 Å². The number of amides is 1. The smallest absolute Gasteiger partial charge is 0.339 e. The van der Waals surface area contributed by atoms with Gasteiger partial charge < -0.3 is 15.8 Å². The van der Waals surface area contributed by atoms with Crippen LogP contribution in [0.2, 0.25) is 5.02 Å². The molecule has 0 aliphatic carbocycles. The molecule has 0 aromatic heterocycles. The number of carbonyl (C=O) groups excluding carboxylic acids is 2. The Morgan fingerprint density at radius 1 is 1.40 bits per heavy atom. The summed E-state index contributed by atoms with van der Waals surface area (Å²) in [6.45, 7) is 3.72. The molecule has 0 atom stereocenters. The van der Waals surface area contributed by atoms with E-state index in [4.69, 9.17) is 17.3 Å². The summed E-state index contributed by atoms with van der Waals surface area (Å²) < 4.78 is 4.62. The van der Waals surface area contributed by atoms with Gasteiger partial charge in [0.05, 0.1) is 17.7 Å². The molecule has 0 spiro atoms. The number of nitrogens with two attached hydrogens (primary N) is 1. The topological polar surface area (TPSA) is 81.4 Å². The van der Waals surface area contributed by atoms with Crippen LogP contribution < -0.4 is 11.1 Å². The number of rotatable bonds is 5. The summed E-state index contributed by atoms with van der Waals surface area (Å²) in [6.07, 6.45) is 0.871. The number of ether oxygens (including phenoxy) is 1. The van der Waals surface area contributed by atoms with Crippen LogP contribution in [-0.2, 0) is 9.53 Å². The number of hydrogen-bond acceptors (Lipinski definition) is 4. The number of anilines is 1. The van der Waals surface area contributed by atoms with Gasteiger partial charge in [0.1, 0.15) is 0 Å². The lowest BCUT2D eigenvalue weighted by molar-refractivity contribution is -0.116. The number of halogens is 1. The molecule has 1 aromatic rings. The van der Waals surface area contributed by atoms with E-state index in [1.807, 2.05) is 13.8 Å². The Labute approximate surface area is 123 Å². The van der Waals surface area contributed by atoms with E-state index in [1.165, 1.54) is 19.2 Å². The van der Waals surface area contributed by atoms with Crippen LogP contribution >= 0.6 is 11.6 Å². The summed E-state index contributed by atoms with van der Waals surface area (Å²) in [5, 5.41) is 2.98. The third-order valence-corrected chi connectivity index (χ3v) is 2.98. The van der Waals surface area contributed by atoms with Crippen LogP contribution in [0.4, 0.5) is 5.69 Å². The molecule has 0 heterocycles. The molecular weight excluding hydrogens is 280 g/mol. The normalized spacial score (nSPS) is 11.1. The van der Waals surface area contributed by atoms with E-state index in [0.717, 1.165) is 0 Å². The summed E-state index contributed by atoms with van der Waals surface area (Å²) >= 11 is 5.90. The maximum absolute atomic E-state index is 11.8. The lowest BCUT2D eigenvalue weighted by Gasteiger charge is -2.17. The maximum Gasteiger partial charge on any atom is 0.339 e. The van der Waals surface area contributed by atoms with Crippen molar-refractivity contribution in [3.63, 3.8) is 0 Å². The van der Waals surface area contributed by atoms with Crippen LogP contribution in [-0.4, -0.2) is 24.5 Å². The average molecular weight is 299 g/mol. The van der Waals surface area contributed by atoms with Crippen molar-refractivity contribution in [3.05, 3.63) is 28.8 Å². The second-order valence-corrected chi connectivity index (χ2v) is 5.63. The Bertz CT molecular complexity index is 510. The van der Waals surface area contributed by atoms with Crippen molar-refractivity contribution in [2.75, 3.05) is 12.4 Å². The molecule has 0 saturated heterocycles. The Morgan fingerprint density at radius 3 is 2.60 bits per heavy atom. The molecule has 20 heavy (non-hydrogen) atoms. The number of esters is 1. The van der Waals surface area contributed by atoms with E-state index in [0.29, 0.717) is 18.5 Å². The number of carbonyl (C=O) groups is 2. The molecule has 5 nitrogen and oxygen atoms in total. The summed E-state index contributed by atoms with van der Waals surface area (Å²) in [5.41, 5.74) is 6.13. The van der Waals surface area contributed by atoms with Gasteiger partial charge in [-0.3, -0.25) is 4.79 Å². The fourth-order valence-electron chi connectivity index (χ4n) is 1.53. The van der Waals surface area contributed by atoms with Gasteiger partial charge in [0, 0.05) is 17.6 Å². The van der Waals surface area contributed by atoms with Crippen molar-refractivity contribution in [3.8, 4) is 0 Å². The van der Waals surface area contributed by atoms with Crippen LogP contribution in [0, 0.1) is 0 Å². The zero-order chi connectivity index (χ0) is 15.3. The maximum atomic E-state index is 11.8. The van der Waals surface area contributed by atoms with Gasteiger partial charge in [0.2, 0.25) is 5.91 Å². The molecule has 0 radical (unpaired) electrons. The monoisotopic (exact) mass is 298 g/mol. The number of hydrogen-bond donors (Lipinski definition) is 2. The first-order chi connectivity index (χ1) is 9.23. The SMILES string of the molecule is COC(=O)c1cc(NC(=O)CCC(C)(C)N)ccc1Cl. The minimum Gasteiger partial charge on any atom is -0.465 e. The first-order valence-corrected chi connectivity index (χ1v) is 6.57. The van der Waals surface area contributed by atoms with Crippen LogP contribution in [0.5, 0.6) is 0 Å². The lowest BCUT2D eigenvalue weighted by atomic mass is 10.00. The molecule has 0 unspecified atom stereocenters. The Kier molecular flexibility index (Phi) is 5.53. The average Bonchev–Trinajstić information content (AvgIpc) is 2.37. The fraction of sp³-hybridized carbons (Fsp3) is 0.429. The van der Waals surface area contributed by atoms with E-state index in [2.05, 4.69) is 10.1 Å². The molecule has 0 aliphatic rings. The molecule has 0 fully saturated rings. The molecular formula is C14H19ClN2O3. The predicted octanol–water partition coefficient (Wildman–Crippen LogP) is 2.58. The van der Waals surface area contributed by atoms with Gasteiger partial charge in [0.25, 0.3) is 0 Å². The zero-order valence-electron chi connectivity index (χ0n) is 11.8. The molecule has 3 N–H and O–H groups in total. The highest BCUT2D eigenvalue weighted by molar-refractivity contribution is 6.33. The third-order valence-electron chi connectivity index (χ3n) is 2.65. The molecule has 0 saturated carbocycles. The van der Waals surface area contributed by atoms with Gasteiger partial charge in [-0.05, 0) is 38.5 Å². The molecule has 1 aromatic carbocycles. The Morgan fingerprint density at radius 2 is 2.05 bits per heavy atom. The van der Waals surface area contributed by atoms with Gasteiger partial charge in [-0.2, -0.15) is 0 Å². The summed E-state index contributed by atoms with van der Waals surface area (Å²) in [7, 11) is 1.27. The van der Waals surface area contributed by atoms with Crippen LogP contribution in [0.25, 0.3) is 0 Å². The first-order valence-electron chi connectivity index (χ1n) is 6.19. The largest absolute Gasteiger partial charge is 0.465 e. The van der Waals surface area contributed by atoms with Gasteiger partial charge in [0.15, 0.2) is 0 Å². The van der Waals surface area contributed by atoms with E-state index in [-0.39, 0.29) is 16.5 Å². The van der Waals surface area contributed by atoms with Crippen LogP contribution in [0.1, 0.15) is 37.0 Å². The second-order valence-electron chi connectivity index (χ2n) is 5.22. The van der Waals surface area contributed by atoms with Crippen molar-refractivity contribution in [2.45, 2.75) is 32.2 Å². The van der Waals surface area contributed by atoms with E-state index in [1.54, 1.807) is 6.07 Å². The highest BCUT2D eigenvalue weighted by Gasteiger charge is 2.15. The molecule has 1 rings (SSSR count). The highest BCUT2D eigenvalue weighted by Crippen LogP contribution is 2.21. The number of benzene rings is 1. The van der Waals surface area contributed by atoms with E-state index >= 15 is 0 Å². The molecule has 1 amide bonds. The fourth-order valence-corrected chi connectivity index (χ4v) is 1.72. The molecule has 0 aliphatic heterocycles. The second kappa shape index (κ2) is 6.72. The van der Waals surface area contributed by atoms with Gasteiger partial charge >= 0.3 is 5.97 Å². The van der Waals surface area contributed by atoms with Crippen molar-refractivity contribution >= 4 is 29.2 Å². The van der Waals surface area contributed by atoms with Gasteiger partial charge in [-0.1, -0.05) is 11.6 Å². The standard InChI is InChI=1S/C14H19ClN2O3/c1-14(2,16)7-6-12(18)17-9-4-5-11(15)10(8-9)13(19)20-3/h4-5,8H,6-7,16H2,1-3H3,(H,17,18). The quantitative estimate of drug-likeness (QED) is 0.819. The Balaban J connectivity index is 2.73. The first kappa shape index (κ1) is 16.5. The molecule has 6 heteroatoms. The Hall–Kier alpha value is -1.59. The minimum atomic E-state index is -0.547. The summed E-state index contributed by atoms with van der Waals surface area (Å²) in [4.78, 5) is 23.3. The number of nitrogens with one attached hydrogen (secondary N) is 1. The summed E-state index contributed by atoms with van der Waals surface area (Å²) in [6, 6.07) is 4.65. The van der Waals surface area contributed by atoms with Crippen LogP contribution in [0.15, 0.2) is 18.2 Å². The highest BCUT2D eigenvalue weighted by atomic mass is 35.5. The minimum absolute atomic E-state index is 0.165. The van der Waals surface area contributed by atoms with Gasteiger partial charge in [-0.25, -0.2) is 4.79 Å². The molecule has 0 bridgehead atoms.